The van der Waals surface area contributed by atoms with Crippen LogP contribution in [0.4, 0.5) is 0 Å². The number of hydrogen-bond donors (Lipinski definition) is 3. The Hall–Kier alpha value is -2.70. The maximum absolute atomic E-state index is 12.3. The Bertz CT molecular complexity index is 740. The van der Waals surface area contributed by atoms with Gasteiger partial charge in [0.05, 0.1) is 0 Å². The van der Waals surface area contributed by atoms with Crippen molar-refractivity contribution in [2.24, 2.45) is 0 Å². The van der Waals surface area contributed by atoms with Crippen LogP contribution in [0, 0.1) is 0 Å². The molecule has 1 saturated carbocycles. The third-order valence-electron chi connectivity index (χ3n) is 4.68. The molecule has 1 fully saturated rings. The standard InChI is InChI=1S/C19H23N3O4/c23-16(14-6-5-12-3-1-2-4-13(12)11-14)9-10-17(24)21-22-19(26)18(25)20-15-7-8-15/h5-6,11,15H,1-4,7-10H2,(H,20,25)(H,21,24)(H,22,26). The third-order valence-corrected chi connectivity index (χ3v) is 4.68. The molecule has 0 saturated heterocycles. The predicted octanol–water partition coefficient (Wildman–Crippen LogP) is 0.954. The van der Waals surface area contributed by atoms with Gasteiger partial charge in [0.15, 0.2) is 5.78 Å². The van der Waals surface area contributed by atoms with Gasteiger partial charge in [0, 0.05) is 24.4 Å². The Labute approximate surface area is 151 Å². The van der Waals surface area contributed by atoms with Crippen molar-refractivity contribution in [1.82, 2.24) is 16.2 Å². The van der Waals surface area contributed by atoms with E-state index in [1.165, 1.54) is 17.5 Å². The lowest BCUT2D eigenvalue weighted by Gasteiger charge is -2.16. The summed E-state index contributed by atoms with van der Waals surface area (Å²) in [5.74, 6) is -2.29. The number of rotatable bonds is 5. The van der Waals surface area contributed by atoms with E-state index in [1.807, 2.05) is 18.2 Å². The van der Waals surface area contributed by atoms with Crippen molar-refractivity contribution in [3.05, 3.63) is 34.9 Å². The summed E-state index contributed by atoms with van der Waals surface area (Å²) in [5, 5.41) is 2.52. The molecule has 0 heterocycles. The second-order valence-corrected chi connectivity index (χ2v) is 6.86. The Balaban J connectivity index is 1.41. The van der Waals surface area contributed by atoms with E-state index in [9.17, 15) is 19.2 Å². The first-order chi connectivity index (χ1) is 12.5. The second kappa shape index (κ2) is 8.12. The van der Waals surface area contributed by atoms with Crippen LogP contribution >= 0.6 is 0 Å². The van der Waals surface area contributed by atoms with Gasteiger partial charge in [0.25, 0.3) is 0 Å². The molecule has 3 amide bonds. The van der Waals surface area contributed by atoms with E-state index in [0.29, 0.717) is 5.56 Å². The minimum atomic E-state index is -0.911. The van der Waals surface area contributed by atoms with Crippen molar-refractivity contribution in [1.29, 1.82) is 0 Å². The van der Waals surface area contributed by atoms with Crippen LogP contribution in [0.3, 0.4) is 0 Å². The number of hydrazine groups is 1. The van der Waals surface area contributed by atoms with Crippen LogP contribution in [-0.4, -0.2) is 29.5 Å². The fraction of sp³-hybridized carbons (Fsp3) is 0.474. The summed E-state index contributed by atoms with van der Waals surface area (Å²) in [6.07, 6.45) is 6.11. The van der Waals surface area contributed by atoms with Gasteiger partial charge in [-0.25, -0.2) is 0 Å². The number of benzene rings is 1. The van der Waals surface area contributed by atoms with E-state index >= 15 is 0 Å². The van der Waals surface area contributed by atoms with E-state index in [0.717, 1.165) is 32.1 Å². The van der Waals surface area contributed by atoms with E-state index < -0.39 is 17.7 Å². The number of hydrogen-bond acceptors (Lipinski definition) is 4. The predicted molar refractivity (Wildman–Crippen MR) is 94.1 cm³/mol. The highest BCUT2D eigenvalue weighted by Crippen LogP contribution is 2.23. The highest BCUT2D eigenvalue weighted by Gasteiger charge is 2.26. The molecular formula is C19H23N3O4. The smallest absolute Gasteiger partial charge is 0.327 e. The Morgan fingerprint density at radius 1 is 0.885 bits per heavy atom. The van der Waals surface area contributed by atoms with Gasteiger partial charge in [-0.3, -0.25) is 30.0 Å². The number of carbonyl (C=O) groups is 4. The Morgan fingerprint density at radius 3 is 2.35 bits per heavy atom. The molecule has 0 bridgehead atoms. The molecule has 0 unspecified atom stereocenters. The van der Waals surface area contributed by atoms with E-state index in [-0.39, 0.29) is 24.7 Å². The molecule has 7 nitrogen and oxygen atoms in total. The number of Topliss-reactive ketones (excluding diaryl/α,β-unsaturated/α-hetero) is 1. The molecule has 138 valence electrons. The SMILES string of the molecule is O=C(CCC(=O)c1ccc2c(c1)CCCC2)NNC(=O)C(=O)NC1CC1. The van der Waals surface area contributed by atoms with Crippen LogP contribution < -0.4 is 16.2 Å². The number of nitrogens with one attached hydrogen (secondary N) is 3. The van der Waals surface area contributed by atoms with Crippen LogP contribution in [0.25, 0.3) is 0 Å². The first-order valence-corrected chi connectivity index (χ1v) is 9.07. The largest absolute Gasteiger partial charge is 0.345 e. The summed E-state index contributed by atoms with van der Waals surface area (Å²) in [6.45, 7) is 0. The first kappa shape index (κ1) is 18.1. The first-order valence-electron chi connectivity index (χ1n) is 9.07. The maximum Gasteiger partial charge on any atom is 0.327 e. The van der Waals surface area contributed by atoms with Gasteiger partial charge < -0.3 is 5.32 Å². The van der Waals surface area contributed by atoms with Gasteiger partial charge in [-0.15, -0.1) is 0 Å². The van der Waals surface area contributed by atoms with Crippen LogP contribution in [-0.2, 0) is 27.2 Å². The lowest BCUT2D eigenvalue weighted by atomic mass is 9.89. The third kappa shape index (κ3) is 4.91. The fourth-order valence-corrected chi connectivity index (χ4v) is 3.00. The summed E-state index contributed by atoms with van der Waals surface area (Å²) < 4.78 is 0. The minimum absolute atomic E-state index is 0.0504. The molecule has 1 aromatic carbocycles. The van der Waals surface area contributed by atoms with Gasteiger partial charge >= 0.3 is 11.8 Å². The van der Waals surface area contributed by atoms with Crippen LogP contribution in [0.1, 0.15) is 60.0 Å². The maximum atomic E-state index is 12.3. The fourth-order valence-electron chi connectivity index (χ4n) is 3.00. The normalized spacial score (nSPS) is 15.5. The molecule has 3 rings (SSSR count). The molecule has 0 atom stereocenters. The minimum Gasteiger partial charge on any atom is -0.345 e. The lowest BCUT2D eigenvalue weighted by Crippen LogP contribution is -2.49. The van der Waals surface area contributed by atoms with Crippen LogP contribution in [0.2, 0.25) is 0 Å². The highest BCUT2D eigenvalue weighted by atomic mass is 16.2. The summed E-state index contributed by atoms with van der Waals surface area (Å²) in [7, 11) is 0. The van der Waals surface area contributed by atoms with Crippen LogP contribution in [0.15, 0.2) is 18.2 Å². The number of ketones is 1. The van der Waals surface area contributed by atoms with Crippen molar-refractivity contribution in [3.63, 3.8) is 0 Å². The summed E-state index contributed by atoms with van der Waals surface area (Å²) in [6, 6.07) is 5.81. The quantitative estimate of drug-likeness (QED) is 0.415. The van der Waals surface area contributed by atoms with E-state index in [1.54, 1.807) is 0 Å². The molecule has 0 spiro atoms. The molecule has 0 aromatic heterocycles. The lowest BCUT2D eigenvalue weighted by molar-refractivity contribution is -0.141. The zero-order valence-electron chi connectivity index (χ0n) is 14.6. The average Bonchev–Trinajstić information content (AvgIpc) is 3.47. The van der Waals surface area contributed by atoms with Crippen molar-refractivity contribution in [2.45, 2.75) is 57.4 Å². The zero-order valence-corrected chi connectivity index (χ0v) is 14.6. The zero-order chi connectivity index (χ0) is 18.5. The topological polar surface area (TPSA) is 104 Å². The number of fused-ring (bicyclic) bond motifs is 1. The summed E-state index contributed by atoms with van der Waals surface area (Å²) >= 11 is 0. The Morgan fingerprint density at radius 2 is 1.62 bits per heavy atom. The van der Waals surface area contributed by atoms with Gasteiger partial charge in [0.1, 0.15) is 0 Å². The molecular weight excluding hydrogens is 334 g/mol. The van der Waals surface area contributed by atoms with Crippen molar-refractivity contribution < 1.29 is 19.2 Å². The summed E-state index contributed by atoms with van der Waals surface area (Å²) in [5.41, 5.74) is 7.36. The van der Waals surface area contributed by atoms with Crippen molar-refractivity contribution in [3.8, 4) is 0 Å². The molecule has 0 aliphatic heterocycles. The molecule has 2 aliphatic carbocycles. The molecule has 2 aliphatic rings. The van der Waals surface area contributed by atoms with Crippen LogP contribution in [0.5, 0.6) is 0 Å². The van der Waals surface area contributed by atoms with E-state index in [4.69, 9.17) is 0 Å². The van der Waals surface area contributed by atoms with Gasteiger partial charge in [-0.05, 0) is 55.7 Å². The van der Waals surface area contributed by atoms with Gasteiger partial charge in [-0.2, -0.15) is 0 Å². The second-order valence-electron chi connectivity index (χ2n) is 6.86. The molecule has 0 radical (unpaired) electrons. The number of amides is 3. The van der Waals surface area contributed by atoms with Gasteiger partial charge in [0.2, 0.25) is 5.91 Å². The molecule has 26 heavy (non-hydrogen) atoms. The van der Waals surface area contributed by atoms with E-state index in [2.05, 4.69) is 16.2 Å². The number of aryl methyl sites for hydroxylation is 2. The molecule has 7 heteroatoms. The average molecular weight is 357 g/mol. The Kier molecular flexibility index (Phi) is 5.65. The highest BCUT2D eigenvalue weighted by molar-refractivity contribution is 6.35. The summed E-state index contributed by atoms with van der Waals surface area (Å²) in [4.78, 5) is 47.0. The molecule has 1 aromatic rings. The van der Waals surface area contributed by atoms with Crippen molar-refractivity contribution in [2.75, 3.05) is 0 Å². The molecule has 3 N–H and O–H groups in total. The van der Waals surface area contributed by atoms with Gasteiger partial charge in [-0.1, -0.05) is 12.1 Å². The van der Waals surface area contributed by atoms with Crippen molar-refractivity contribution >= 4 is 23.5 Å². The monoisotopic (exact) mass is 357 g/mol. The number of carbonyl (C=O) groups excluding carboxylic acids is 4.